The highest BCUT2D eigenvalue weighted by molar-refractivity contribution is 5.75. The number of fused-ring (bicyclic) bond motifs is 1. The standard InChI is InChI=1S/C17H20N2O3/c1-2-22-12-14(20)11-19-13-18-16-10-8-6-4-3-5-7-9-15(16)17(19)21/h3-10,13-14,20H,2,11-12H2,1H3. The van der Waals surface area contributed by atoms with Crippen molar-refractivity contribution in [3.63, 3.8) is 0 Å². The lowest BCUT2D eigenvalue weighted by atomic mass is 10.2. The molecule has 2 aromatic rings. The van der Waals surface area contributed by atoms with Crippen molar-refractivity contribution in [2.75, 3.05) is 13.2 Å². The first-order chi connectivity index (χ1) is 10.7. The van der Waals surface area contributed by atoms with Crippen LogP contribution in [0.15, 0.2) is 59.7 Å². The van der Waals surface area contributed by atoms with Crippen LogP contribution in [0.1, 0.15) is 6.92 Å². The van der Waals surface area contributed by atoms with Crippen LogP contribution in [0, 0.1) is 0 Å². The number of ether oxygens (including phenoxy) is 1. The van der Waals surface area contributed by atoms with Gasteiger partial charge >= 0.3 is 0 Å². The molecule has 0 saturated heterocycles. The van der Waals surface area contributed by atoms with E-state index in [0.717, 1.165) is 0 Å². The summed E-state index contributed by atoms with van der Waals surface area (Å²) in [5, 5.41) is 10.4. The highest BCUT2D eigenvalue weighted by Crippen LogP contribution is 2.02. The average Bonchev–Trinajstić information content (AvgIpc) is 2.53. The van der Waals surface area contributed by atoms with E-state index in [9.17, 15) is 9.90 Å². The molecule has 1 atom stereocenters. The molecular weight excluding hydrogens is 280 g/mol. The van der Waals surface area contributed by atoms with E-state index in [1.165, 1.54) is 10.9 Å². The Morgan fingerprint density at radius 2 is 1.86 bits per heavy atom. The summed E-state index contributed by atoms with van der Waals surface area (Å²) < 4.78 is 6.57. The maximum Gasteiger partial charge on any atom is 0.261 e. The first-order valence-corrected chi connectivity index (χ1v) is 7.25. The molecule has 1 aromatic carbocycles. The molecule has 1 aromatic heterocycles. The second kappa shape index (κ2) is 8.26. The molecule has 5 heteroatoms. The van der Waals surface area contributed by atoms with Crippen LogP contribution < -0.4 is 5.56 Å². The van der Waals surface area contributed by atoms with E-state index >= 15 is 0 Å². The number of aromatic nitrogens is 2. The molecule has 0 amide bonds. The summed E-state index contributed by atoms with van der Waals surface area (Å²) in [5.41, 5.74) is 0.427. The Balaban J connectivity index is 2.43. The molecule has 1 N–H and O–H groups in total. The van der Waals surface area contributed by atoms with E-state index in [2.05, 4.69) is 4.98 Å². The SMILES string of the molecule is CCOCC(O)Cn1cnc2ccccccccc2c1=O. The lowest BCUT2D eigenvalue weighted by molar-refractivity contribution is 0.0329. The molecule has 5 nitrogen and oxygen atoms in total. The number of aliphatic hydroxyl groups excluding tert-OH is 1. The van der Waals surface area contributed by atoms with Gasteiger partial charge in [-0.15, -0.1) is 0 Å². The predicted octanol–water partition coefficient (Wildman–Crippen LogP) is 1.92. The summed E-state index contributed by atoms with van der Waals surface area (Å²) in [5.74, 6) is 0. The van der Waals surface area contributed by atoms with Gasteiger partial charge in [-0.2, -0.15) is 0 Å². The third-order valence-corrected chi connectivity index (χ3v) is 3.10. The van der Waals surface area contributed by atoms with Gasteiger partial charge in [0.1, 0.15) is 0 Å². The predicted molar refractivity (Wildman–Crippen MR) is 86.1 cm³/mol. The molecule has 0 fully saturated rings. The summed E-state index contributed by atoms with van der Waals surface area (Å²) in [4.78, 5) is 16.8. The van der Waals surface area contributed by atoms with Crippen LogP contribution in [-0.2, 0) is 11.3 Å². The zero-order valence-corrected chi connectivity index (χ0v) is 12.6. The summed E-state index contributed by atoms with van der Waals surface area (Å²) in [6, 6.07) is 14.7. The van der Waals surface area contributed by atoms with E-state index < -0.39 is 6.10 Å². The van der Waals surface area contributed by atoms with Crippen LogP contribution in [0.3, 0.4) is 0 Å². The zero-order valence-electron chi connectivity index (χ0n) is 12.6. The van der Waals surface area contributed by atoms with E-state index in [1.54, 1.807) is 18.2 Å². The second-order valence-electron chi connectivity index (χ2n) is 4.80. The first-order valence-electron chi connectivity index (χ1n) is 7.25. The molecule has 0 aliphatic heterocycles. The fraction of sp³-hybridized carbons (Fsp3) is 0.294. The molecule has 116 valence electrons. The van der Waals surface area contributed by atoms with Crippen LogP contribution >= 0.6 is 0 Å². The van der Waals surface area contributed by atoms with E-state index in [-0.39, 0.29) is 18.7 Å². The Morgan fingerprint density at radius 3 is 2.59 bits per heavy atom. The topological polar surface area (TPSA) is 64.3 Å². The Bertz CT molecular complexity index is 726. The van der Waals surface area contributed by atoms with Crippen molar-refractivity contribution in [1.82, 2.24) is 9.55 Å². The summed E-state index contributed by atoms with van der Waals surface area (Å²) in [6.45, 7) is 2.74. The van der Waals surface area contributed by atoms with Crippen molar-refractivity contribution in [3.8, 4) is 0 Å². The summed E-state index contributed by atoms with van der Waals surface area (Å²) >= 11 is 0. The van der Waals surface area contributed by atoms with Crippen molar-refractivity contribution in [1.29, 1.82) is 0 Å². The molecule has 0 radical (unpaired) electrons. The Labute approximate surface area is 129 Å². The van der Waals surface area contributed by atoms with Gasteiger partial charge in [0, 0.05) is 6.61 Å². The van der Waals surface area contributed by atoms with Gasteiger partial charge in [-0.1, -0.05) is 36.4 Å². The normalized spacial score (nSPS) is 11.9. The van der Waals surface area contributed by atoms with E-state index in [0.29, 0.717) is 17.5 Å². The number of rotatable bonds is 5. The Hall–Kier alpha value is -2.24. The highest BCUT2D eigenvalue weighted by Gasteiger charge is 2.08. The average molecular weight is 300 g/mol. The molecule has 1 unspecified atom stereocenters. The van der Waals surface area contributed by atoms with Gasteiger partial charge in [-0.25, -0.2) is 4.98 Å². The third-order valence-electron chi connectivity index (χ3n) is 3.10. The van der Waals surface area contributed by atoms with Gasteiger partial charge in [-0.3, -0.25) is 9.36 Å². The van der Waals surface area contributed by atoms with E-state index in [1.807, 2.05) is 37.3 Å². The Morgan fingerprint density at radius 1 is 1.18 bits per heavy atom. The fourth-order valence-corrected chi connectivity index (χ4v) is 2.03. The van der Waals surface area contributed by atoms with Crippen LogP contribution in [0.5, 0.6) is 0 Å². The Kier molecular flexibility index (Phi) is 6.06. The zero-order chi connectivity index (χ0) is 15.8. The molecular formula is C17H20N2O3. The highest BCUT2D eigenvalue weighted by atomic mass is 16.5. The van der Waals surface area contributed by atoms with E-state index in [4.69, 9.17) is 4.74 Å². The largest absolute Gasteiger partial charge is 0.389 e. The quantitative estimate of drug-likeness (QED) is 0.916. The second-order valence-corrected chi connectivity index (χ2v) is 4.80. The van der Waals surface area contributed by atoms with Gasteiger partial charge < -0.3 is 9.84 Å². The van der Waals surface area contributed by atoms with Gasteiger partial charge in [-0.05, 0) is 19.1 Å². The summed E-state index contributed by atoms with van der Waals surface area (Å²) in [7, 11) is 0. The third kappa shape index (κ3) is 4.38. The number of nitrogens with zero attached hydrogens (tertiary/aromatic N) is 2. The van der Waals surface area contributed by atoms with Crippen LogP contribution in [-0.4, -0.2) is 34.0 Å². The lowest BCUT2D eigenvalue weighted by Crippen LogP contribution is -2.29. The smallest absolute Gasteiger partial charge is 0.261 e. The van der Waals surface area contributed by atoms with Crippen LogP contribution in [0.2, 0.25) is 0 Å². The molecule has 0 aliphatic rings. The molecule has 2 rings (SSSR count). The molecule has 0 aliphatic carbocycles. The fourth-order valence-electron chi connectivity index (χ4n) is 2.03. The molecule has 22 heavy (non-hydrogen) atoms. The first kappa shape index (κ1) is 16.1. The van der Waals surface area contributed by atoms with Gasteiger partial charge in [0.2, 0.25) is 0 Å². The minimum Gasteiger partial charge on any atom is -0.389 e. The summed E-state index contributed by atoms with van der Waals surface area (Å²) in [6.07, 6.45) is 0.721. The van der Waals surface area contributed by atoms with Crippen molar-refractivity contribution in [2.45, 2.75) is 19.6 Å². The number of hydrogen-bond donors (Lipinski definition) is 1. The van der Waals surface area contributed by atoms with Crippen molar-refractivity contribution in [3.05, 3.63) is 65.2 Å². The molecule has 1 heterocycles. The van der Waals surface area contributed by atoms with Gasteiger partial charge in [0.25, 0.3) is 5.56 Å². The van der Waals surface area contributed by atoms with Crippen molar-refractivity contribution in [2.24, 2.45) is 0 Å². The number of aliphatic hydroxyl groups is 1. The minimum absolute atomic E-state index is 0.159. The van der Waals surface area contributed by atoms with Gasteiger partial charge in [0.05, 0.1) is 36.5 Å². The molecule has 0 saturated carbocycles. The minimum atomic E-state index is -0.737. The van der Waals surface area contributed by atoms with Crippen molar-refractivity contribution >= 4 is 10.9 Å². The van der Waals surface area contributed by atoms with Crippen molar-refractivity contribution < 1.29 is 9.84 Å². The maximum atomic E-state index is 12.5. The monoisotopic (exact) mass is 300 g/mol. The van der Waals surface area contributed by atoms with Crippen LogP contribution in [0.25, 0.3) is 10.9 Å². The molecule has 0 spiro atoms. The maximum absolute atomic E-state index is 12.5. The lowest BCUT2D eigenvalue weighted by Gasteiger charge is -2.12. The van der Waals surface area contributed by atoms with Crippen LogP contribution in [0.4, 0.5) is 0 Å². The van der Waals surface area contributed by atoms with Gasteiger partial charge in [0.15, 0.2) is 0 Å². The number of hydrogen-bond acceptors (Lipinski definition) is 4. The molecule has 0 bridgehead atoms.